The third kappa shape index (κ3) is 3.00. The summed E-state index contributed by atoms with van der Waals surface area (Å²) in [5, 5.41) is 6.72. The highest BCUT2D eigenvalue weighted by atomic mass is 32.1. The molecular weight excluding hydrogens is 208 g/mol. The second-order valence-corrected chi connectivity index (χ2v) is 4.81. The molecule has 0 unspecified atom stereocenters. The van der Waals surface area contributed by atoms with Crippen molar-refractivity contribution in [2.24, 2.45) is 0 Å². The van der Waals surface area contributed by atoms with Crippen LogP contribution in [0.3, 0.4) is 0 Å². The largest absolute Gasteiger partial charge is 0.374 e. The molecule has 1 N–H and O–H groups in total. The van der Waals surface area contributed by atoms with Gasteiger partial charge in [-0.25, -0.2) is 4.98 Å². The van der Waals surface area contributed by atoms with E-state index in [0.717, 1.165) is 24.6 Å². The number of nitrogens with one attached hydrogen (secondary N) is 1. The SMILES string of the molecule is CCCOCc1nc([C@H]2CCCN2)cs1. The average molecular weight is 226 g/mol. The lowest BCUT2D eigenvalue weighted by Crippen LogP contribution is -2.13. The van der Waals surface area contributed by atoms with Gasteiger partial charge in [-0.05, 0) is 25.8 Å². The van der Waals surface area contributed by atoms with E-state index in [4.69, 9.17) is 4.74 Å². The van der Waals surface area contributed by atoms with Crippen molar-refractivity contribution in [2.45, 2.75) is 38.8 Å². The Bertz CT molecular complexity index is 295. The zero-order valence-electron chi connectivity index (χ0n) is 9.16. The summed E-state index contributed by atoms with van der Waals surface area (Å²) in [7, 11) is 0. The molecule has 1 atom stereocenters. The summed E-state index contributed by atoms with van der Waals surface area (Å²) in [6.07, 6.45) is 3.56. The summed E-state index contributed by atoms with van der Waals surface area (Å²) >= 11 is 1.71. The van der Waals surface area contributed by atoms with Gasteiger partial charge in [0.15, 0.2) is 0 Å². The molecule has 2 heterocycles. The molecule has 1 aliphatic rings. The van der Waals surface area contributed by atoms with Gasteiger partial charge < -0.3 is 10.1 Å². The van der Waals surface area contributed by atoms with E-state index in [1.165, 1.54) is 18.5 Å². The topological polar surface area (TPSA) is 34.1 Å². The van der Waals surface area contributed by atoms with Crippen molar-refractivity contribution in [3.05, 3.63) is 16.1 Å². The molecule has 0 bridgehead atoms. The molecule has 4 heteroatoms. The average Bonchev–Trinajstić information content (AvgIpc) is 2.87. The van der Waals surface area contributed by atoms with Crippen molar-refractivity contribution in [2.75, 3.05) is 13.2 Å². The first kappa shape index (κ1) is 11.0. The number of rotatable bonds is 5. The third-order valence-corrected chi connectivity index (χ3v) is 3.40. The van der Waals surface area contributed by atoms with E-state index in [1.54, 1.807) is 11.3 Å². The number of nitrogens with zero attached hydrogens (tertiary/aromatic N) is 1. The molecule has 0 aromatic carbocycles. The monoisotopic (exact) mass is 226 g/mol. The van der Waals surface area contributed by atoms with Gasteiger partial charge in [0.2, 0.25) is 0 Å². The number of ether oxygens (including phenoxy) is 1. The first-order valence-electron chi connectivity index (χ1n) is 5.65. The standard InChI is InChI=1S/C11H18N2OS/c1-2-6-14-7-11-13-10(8-15-11)9-4-3-5-12-9/h8-9,12H,2-7H2,1H3/t9-/m1/s1. The molecule has 1 aromatic heterocycles. The first-order chi connectivity index (χ1) is 7.40. The smallest absolute Gasteiger partial charge is 0.119 e. The molecule has 3 nitrogen and oxygen atoms in total. The zero-order chi connectivity index (χ0) is 10.5. The molecular formula is C11H18N2OS. The summed E-state index contributed by atoms with van der Waals surface area (Å²) in [5.41, 5.74) is 1.20. The van der Waals surface area contributed by atoms with Gasteiger partial charge in [-0.2, -0.15) is 0 Å². The number of aromatic nitrogens is 1. The zero-order valence-corrected chi connectivity index (χ0v) is 9.98. The maximum Gasteiger partial charge on any atom is 0.119 e. The Morgan fingerprint density at radius 2 is 2.60 bits per heavy atom. The van der Waals surface area contributed by atoms with Crippen LogP contribution >= 0.6 is 11.3 Å². The quantitative estimate of drug-likeness (QED) is 0.783. The number of thiazole rings is 1. The number of hydrogen-bond donors (Lipinski definition) is 1. The van der Waals surface area contributed by atoms with Crippen LogP contribution in [0.1, 0.15) is 42.9 Å². The molecule has 0 saturated carbocycles. The Morgan fingerprint density at radius 1 is 1.67 bits per heavy atom. The highest BCUT2D eigenvalue weighted by Crippen LogP contribution is 2.24. The summed E-state index contributed by atoms with van der Waals surface area (Å²) < 4.78 is 5.47. The molecule has 2 rings (SSSR count). The van der Waals surface area contributed by atoms with Gasteiger partial charge >= 0.3 is 0 Å². The van der Waals surface area contributed by atoms with E-state index in [0.29, 0.717) is 12.6 Å². The summed E-state index contributed by atoms with van der Waals surface area (Å²) in [6, 6.07) is 0.487. The van der Waals surface area contributed by atoms with Gasteiger partial charge in [-0.15, -0.1) is 11.3 Å². The van der Waals surface area contributed by atoms with E-state index in [2.05, 4.69) is 22.6 Å². The van der Waals surface area contributed by atoms with Crippen LogP contribution in [-0.4, -0.2) is 18.1 Å². The molecule has 0 aliphatic carbocycles. The van der Waals surface area contributed by atoms with Gasteiger partial charge in [-0.1, -0.05) is 6.92 Å². The van der Waals surface area contributed by atoms with Crippen LogP contribution in [0.25, 0.3) is 0 Å². The minimum Gasteiger partial charge on any atom is -0.374 e. The maximum atomic E-state index is 5.47. The van der Waals surface area contributed by atoms with Crippen molar-refractivity contribution >= 4 is 11.3 Å². The molecule has 1 aromatic rings. The first-order valence-corrected chi connectivity index (χ1v) is 6.53. The van der Waals surface area contributed by atoms with Gasteiger partial charge in [0.25, 0.3) is 0 Å². The van der Waals surface area contributed by atoms with Gasteiger partial charge in [-0.3, -0.25) is 0 Å². The fourth-order valence-corrected chi connectivity index (χ4v) is 2.58. The van der Waals surface area contributed by atoms with Crippen molar-refractivity contribution in [1.29, 1.82) is 0 Å². The predicted molar refractivity (Wildman–Crippen MR) is 62.0 cm³/mol. The Hall–Kier alpha value is -0.450. The molecule has 1 aliphatic heterocycles. The maximum absolute atomic E-state index is 5.47. The van der Waals surface area contributed by atoms with Crippen molar-refractivity contribution < 1.29 is 4.74 Å². The van der Waals surface area contributed by atoms with Crippen molar-refractivity contribution in [3.8, 4) is 0 Å². The predicted octanol–water partition coefficient (Wildman–Crippen LogP) is 2.49. The van der Waals surface area contributed by atoms with Crippen LogP contribution in [0.15, 0.2) is 5.38 Å². The number of hydrogen-bond acceptors (Lipinski definition) is 4. The lowest BCUT2D eigenvalue weighted by atomic mass is 10.2. The highest BCUT2D eigenvalue weighted by Gasteiger charge is 2.18. The summed E-state index contributed by atoms with van der Waals surface area (Å²) in [4.78, 5) is 4.60. The normalized spacial score (nSPS) is 21.0. The summed E-state index contributed by atoms with van der Waals surface area (Å²) in [6.45, 7) is 4.75. The van der Waals surface area contributed by atoms with Crippen molar-refractivity contribution in [1.82, 2.24) is 10.3 Å². The summed E-state index contributed by atoms with van der Waals surface area (Å²) in [5.74, 6) is 0. The molecule has 0 radical (unpaired) electrons. The van der Waals surface area contributed by atoms with Crippen LogP contribution in [0.4, 0.5) is 0 Å². The Morgan fingerprint density at radius 3 is 3.33 bits per heavy atom. The van der Waals surface area contributed by atoms with Crippen LogP contribution in [0, 0.1) is 0 Å². The fraction of sp³-hybridized carbons (Fsp3) is 0.727. The van der Waals surface area contributed by atoms with E-state index in [9.17, 15) is 0 Å². The minimum absolute atomic E-state index is 0.487. The second kappa shape index (κ2) is 5.58. The lowest BCUT2D eigenvalue weighted by molar-refractivity contribution is 0.121. The molecule has 1 saturated heterocycles. The van der Waals surface area contributed by atoms with Crippen LogP contribution in [0.2, 0.25) is 0 Å². The van der Waals surface area contributed by atoms with Gasteiger partial charge in [0, 0.05) is 12.0 Å². The molecule has 1 fully saturated rings. The molecule has 0 amide bonds. The van der Waals surface area contributed by atoms with E-state index >= 15 is 0 Å². The Labute approximate surface area is 94.9 Å². The Balaban J connectivity index is 1.86. The van der Waals surface area contributed by atoms with Gasteiger partial charge in [0.05, 0.1) is 18.3 Å². The highest BCUT2D eigenvalue weighted by molar-refractivity contribution is 7.09. The Kier molecular flexibility index (Phi) is 4.11. The van der Waals surface area contributed by atoms with E-state index in [-0.39, 0.29) is 0 Å². The van der Waals surface area contributed by atoms with Crippen molar-refractivity contribution in [3.63, 3.8) is 0 Å². The van der Waals surface area contributed by atoms with Crippen LogP contribution in [0.5, 0.6) is 0 Å². The third-order valence-electron chi connectivity index (χ3n) is 2.56. The van der Waals surface area contributed by atoms with E-state index in [1.807, 2.05) is 0 Å². The molecule has 84 valence electrons. The lowest BCUT2D eigenvalue weighted by Gasteiger charge is -2.05. The van der Waals surface area contributed by atoms with Crippen LogP contribution in [-0.2, 0) is 11.3 Å². The van der Waals surface area contributed by atoms with Gasteiger partial charge in [0.1, 0.15) is 5.01 Å². The fourth-order valence-electron chi connectivity index (χ4n) is 1.79. The van der Waals surface area contributed by atoms with Crippen LogP contribution < -0.4 is 5.32 Å². The second-order valence-electron chi connectivity index (χ2n) is 3.87. The van der Waals surface area contributed by atoms with E-state index < -0.39 is 0 Å². The minimum atomic E-state index is 0.487. The molecule has 15 heavy (non-hydrogen) atoms. The molecule has 0 spiro atoms.